The lowest BCUT2D eigenvalue weighted by atomic mass is 10.2. The summed E-state index contributed by atoms with van der Waals surface area (Å²) in [4.78, 5) is 13.8. The van der Waals surface area contributed by atoms with Crippen molar-refractivity contribution in [2.45, 2.75) is 6.42 Å². The molecule has 7 nitrogen and oxygen atoms in total. The van der Waals surface area contributed by atoms with Crippen molar-refractivity contribution in [3.05, 3.63) is 34.8 Å². The molecule has 1 aromatic heterocycles. The summed E-state index contributed by atoms with van der Waals surface area (Å²) in [6.07, 6.45) is 0.863. The van der Waals surface area contributed by atoms with Crippen LogP contribution in [0.3, 0.4) is 0 Å². The van der Waals surface area contributed by atoms with Gasteiger partial charge in [-0.3, -0.25) is 10.1 Å². The molecule has 0 unspecified atom stereocenters. The number of ether oxygens (including phenoxy) is 2. The van der Waals surface area contributed by atoms with E-state index in [2.05, 4.69) is 15.5 Å². The van der Waals surface area contributed by atoms with Gasteiger partial charge in [0.2, 0.25) is 5.13 Å². The van der Waals surface area contributed by atoms with Crippen molar-refractivity contribution in [3.63, 3.8) is 0 Å². The van der Waals surface area contributed by atoms with Crippen LogP contribution in [0.1, 0.15) is 15.4 Å². The summed E-state index contributed by atoms with van der Waals surface area (Å²) in [7, 11) is 1.57. The number of hydrogen-bond acceptors (Lipinski definition) is 6. The number of nitrogens with zero attached hydrogens (tertiary/aromatic N) is 2. The molecule has 0 saturated carbocycles. The summed E-state index contributed by atoms with van der Waals surface area (Å²) in [5, 5.41) is 12.5. The number of amides is 1. The van der Waals surface area contributed by atoms with Gasteiger partial charge in [-0.15, -0.1) is 10.2 Å². The Morgan fingerprint density at radius 3 is 3.00 bits per heavy atom. The molecule has 1 saturated heterocycles. The van der Waals surface area contributed by atoms with E-state index in [0.29, 0.717) is 16.4 Å². The van der Waals surface area contributed by atoms with Gasteiger partial charge >= 0.3 is 0 Å². The summed E-state index contributed by atoms with van der Waals surface area (Å²) in [5.41, 5.74) is 0.531. The summed E-state index contributed by atoms with van der Waals surface area (Å²) in [5.74, 6) is 0.435. The molecule has 1 aliphatic heterocycles. The van der Waals surface area contributed by atoms with Crippen LogP contribution in [0.5, 0.6) is 5.75 Å². The minimum atomic E-state index is -0.213. The van der Waals surface area contributed by atoms with Crippen LogP contribution in [0.2, 0.25) is 0 Å². The van der Waals surface area contributed by atoms with Gasteiger partial charge in [0.05, 0.1) is 33.3 Å². The van der Waals surface area contributed by atoms with Crippen molar-refractivity contribution < 1.29 is 19.2 Å². The number of morpholine rings is 1. The Bertz CT molecular complexity index is 685. The van der Waals surface area contributed by atoms with E-state index in [9.17, 15) is 4.79 Å². The van der Waals surface area contributed by atoms with Gasteiger partial charge in [-0.05, 0) is 18.2 Å². The highest BCUT2D eigenvalue weighted by molar-refractivity contribution is 7.15. The highest BCUT2D eigenvalue weighted by Gasteiger charge is 2.15. The average Bonchev–Trinajstić information content (AvgIpc) is 3.08. The minimum Gasteiger partial charge on any atom is -0.497 e. The van der Waals surface area contributed by atoms with Crippen LogP contribution >= 0.6 is 11.3 Å². The van der Waals surface area contributed by atoms with E-state index >= 15 is 0 Å². The SMILES string of the molecule is COc1cccc(C(=O)Nc2nnc(CC[NH+]3CCOCC3)s2)c1. The first-order valence-electron chi connectivity index (χ1n) is 7.93. The smallest absolute Gasteiger partial charge is 0.257 e. The second-order valence-corrected chi connectivity index (χ2v) is 6.61. The lowest BCUT2D eigenvalue weighted by Gasteiger charge is -2.23. The molecule has 0 atom stereocenters. The van der Waals surface area contributed by atoms with Gasteiger partial charge in [-0.2, -0.15) is 0 Å². The van der Waals surface area contributed by atoms with Crippen molar-refractivity contribution in [2.75, 3.05) is 45.3 Å². The molecule has 8 heteroatoms. The number of hydrogen-bond donors (Lipinski definition) is 2. The van der Waals surface area contributed by atoms with Crippen LogP contribution in [-0.2, 0) is 11.2 Å². The van der Waals surface area contributed by atoms with Gasteiger partial charge in [-0.1, -0.05) is 17.4 Å². The van der Waals surface area contributed by atoms with Crippen molar-refractivity contribution in [3.8, 4) is 5.75 Å². The van der Waals surface area contributed by atoms with E-state index in [0.717, 1.165) is 44.3 Å². The van der Waals surface area contributed by atoms with Crippen LogP contribution in [-0.4, -0.2) is 56.1 Å². The fourth-order valence-corrected chi connectivity index (χ4v) is 3.27. The zero-order chi connectivity index (χ0) is 16.8. The maximum Gasteiger partial charge on any atom is 0.257 e. The third kappa shape index (κ3) is 4.50. The zero-order valence-corrected chi connectivity index (χ0v) is 14.4. The second kappa shape index (κ2) is 8.18. The largest absolute Gasteiger partial charge is 0.497 e. The van der Waals surface area contributed by atoms with Gasteiger partial charge in [-0.25, -0.2) is 0 Å². The molecule has 128 valence electrons. The maximum absolute atomic E-state index is 12.3. The second-order valence-electron chi connectivity index (χ2n) is 5.55. The van der Waals surface area contributed by atoms with Crippen LogP contribution < -0.4 is 15.0 Å². The lowest BCUT2D eigenvalue weighted by molar-refractivity contribution is -0.907. The lowest BCUT2D eigenvalue weighted by Crippen LogP contribution is -3.14. The van der Waals surface area contributed by atoms with E-state index in [1.165, 1.54) is 16.2 Å². The summed E-state index contributed by atoms with van der Waals surface area (Å²) in [6.45, 7) is 4.75. The summed E-state index contributed by atoms with van der Waals surface area (Å²) >= 11 is 1.42. The van der Waals surface area contributed by atoms with Crippen molar-refractivity contribution in [2.24, 2.45) is 0 Å². The fourth-order valence-electron chi connectivity index (χ4n) is 2.53. The third-order valence-corrected chi connectivity index (χ3v) is 4.81. The van der Waals surface area contributed by atoms with E-state index in [-0.39, 0.29) is 5.91 Å². The van der Waals surface area contributed by atoms with Gasteiger partial charge in [0.15, 0.2) is 0 Å². The Morgan fingerprint density at radius 1 is 1.38 bits per heavy atom. The van der Waals surface area contributed by atoms with Gasteiger partial charge in [0.25, 0.3) is 5.91 Å². The van der Waals surface area contributed by atoms with Crippen molar-refractivity contribution in [1.29, 1.82) is 0 Å². The molecule has 0 bridgehead atoms. The Hall–Kier alpha value is -2.03. The molecule has 0 radical (unpaired) electrons. The molecule has 1 aromatic carbocycles. The first kappa shape index (κ1) is 16.8. The minimum absolute atomic E-state index is 0.213. The predicted octanol–water partition coefficient (Wildman–Crippen LogP) is 0.257. The Labute approximate surface area is 144 Å². The molecular weight excluding hydrogens is 328 g/mol. The van der Waals surface area contributed by atoms with Gasteiger partial charge in [0.1, 0.15) is 23.8 Å². The number of methoxy groups -OCH3 is 1. The normalized spacial score (nSPS) is 15.2. The first-order chi connectivity index (χ1) is 11.7. The fraction of sp³-hybridized carbons (Fsp3) is 0.438. The van der Waals surface area contributed by atoms with E-state index in [1.807, 2.05) is 0 Å². The molecule has 24 heavy (non-hydrogen) atoms. The topological polar surface area (TPSA) is 77.8 Å². The van der Waals surface area contributed by atoms with Gasteiger partial charge < -0.3 is 14.4 Å². The zero-order valence-electron chi connectivity index (χ0n) is 13.6. The molecule has 1 aliphatic rings. The Kier molecular flexibility index (Phi) is 5.73. The maximum atomic E-state index is 12.3. The average molecular weight is 349 g/mol. The van der Waals surface area contributed by atoms with Gasteiger partial charge in [0, 0.05) is 5.56 Å². The summed E-state index contributed by atoms with van der Waals surface area (Å²) < 4.78 is 10.5. The number of carbonyl (C=O) groups is 1. The van der Waals surface area contributed by atoms with E-state index < -0.39 is 0 Å². The molecule has 2 aromatic rings. The summed E-state index contributed by atoms with van der Waals surface area (Å²) in [6, 6.07) is 7.01. The van der Waals surface area contributed by atoms with E-state index in [1.54, 1.807) is 31.4 Å². The molecular formula is C16H21N4O3S+. The predicted molar refractivity (Wildman–Crippen MR) is 90.9 cm³/mol. The monoisotopic (exact) mass is 349 g/mol. The number of quaternary nitrogens is 1. The first-order valence-corrected chi connectivity index (χ1v) is 8.75. The molecule has 2 N–H and O–H groups in total. The molecule has 1 amide bonds. The number of rotatable bonds is 6. The van der Waals surface area contributed by atoms with Crippen molar-refractivity contribution >= 4 is 22.4 Å². The number of aromatic nitrogens is 2. The molecule has 2 heterocycles. The van der Waals surface area contributed by atoms with Crippen LogP contribution in [0.4, 0.5) is 5.13 Å². The van der Waals surface area contributed by atoms with Crippen LogP contribution in [0.25, 0.3) is 0 Å². The number of benzene rings is 1. The Balaban J connectivity index is 1.54. The standard InChI is InChI=1S/C16H20N4O3S/c1-22-13-4-2-3-12(11-13)15(21)17-16-19-18-14(24-16)5-6-20-7-9-23-10-8-20/h2-4,11H,5-10H2,1H3,(H,17,19,21)/p+1. The highest BCUT2D eigenvalue weighted by Crippen LogP contribution is 2.18. The molecule has 0 aliphatic carbocycles. The Morgan fingerprint density at radius 2 is 2.21 bits per heavy atom. The molecule has 0 spiro atoms. The number of carbonyl (C=O) groups excluding carboxylic acids is 1. The molecule has 3 rings (SSSR count). The highest BCUT2D eigenvalue weighted by atomic mass is 32.1. The quantitative estimate of drug-likeness (QED) is 0.782. The van der Waals surface area contributed by atoms with Crippen LogP contribution in [0.15, 0.2) is 24.3 Å². The third-order valence-electron chi connectivity index (χ3n) is 3.91. The number of anilines is 1. The molecule has 1 fully saturated rings. The number of nitrogens with one attached hydrogen (secondary N) is 2. The van der Waals surface area contributed by atoms with E-state index in [4.69, 9.17) is 9.47 Å². The van der Waals surface area contributed by atoms with Crippen LogP contribution in [0, 0.1) is 0 Å². The van der Waals surface area contributed by atoms with Crippen molar-refractivity contribution in [1.82, 2.24) is 10.2 Å².